The average Bonchev–Trinajstić information content (AvgIpc) is 2.43. The summed E-state index contributed by atoms with van der Waals surface area (Å²) in [6.07, 6.45) is 0. The molecule has 2 rings (SSSR count). The topological polar surface area (TPSA) is 35.2 Å². The number of hydrogen-bond acceptors (Lipinski definition) is 2. The summed E-state index contributed by atoms with van der Waals surface area (Å²) in [6.45, 7) is 1.97. The molecule has 2 aromatic rings. The lowest BCUT2D eigenvalue weighted by Crippen LogP contribution is -2.14. The number of halogens is 3. The maximum Gasteiger partial charge on any atom is 0.137 e. The van der Waals surface area contributed by atoms with Crippen LogP contribution in [0.2, 0.25) is 0 Å². The zero-order valence-corrected chi connectivity index (χ0v) is 14.3. The molecule has 0 radical (unpaired) electrons. The van der Waals surface area contributed by atoms with Crippen LogP contribution in [0.3, 0.4) is 0 Å². The third-order valence-electron chi connectivity index (χ3n) is 3.16. The van der Waals surface area contributed by atoms with Crippen LogP contribution in [0.1, 0.15) is 22.7 Å². The first-order valence-electron chi connectivity index (χ1n) is 5.99. The second-order valence-electron chi connectivity index (χ2n) is 4.46. The van der Waals surface area contributed by atoms with Crippen molar-refractivity contribution in [1.29, 1.82) is 0 Å². The SMILES string of the molecule is COc1cc(C)c(Br)cc1C(N)c1cccc(F)c1Br. The van der Waals surface area contributed by atoms with Gasteiger partial charge in [-0.3, -0.25) is 0 Å². The van der Waals surface area contributed by atoms with Gasteiger partial charge in [0, 0.05) is 10.0 Å². The van der Waals surface area contributed by atoms with E-state index in [0.29, 0.717) is 15.8 Å². The number of benzene rings is 2. The third kappa shape index (κ3) is 2.90. The molecule has 20 heavy (non-hydrogen) atoms. The summed E-state index contributed by atoms with van der Waals surface area (Å²) >= 11 is 6.74. The van der Waals surface area contributed by atoms with Crippen molar-refractivity contribution in [3.63, 3.8) is 0 Å². The molecule has 0 aliphatic carbocycles. The van der Waals surface area contributed by atoms with E-state index in [1.807, 2.05) is 19.1 Å². The molecule has 2 aromatic carbocycles. The Hall–Kier alpha value is -0.910. The van der Waals surface area contributed by atoms with Crippen LogP contribution in [0.15, 0.2) is 39.3 Å². The normalized spacial score (nSPS) is 12.3. The van der Waals surface area contributed by atoms with Crippen LogP contribution >= 0.6 is 31.9 Å². The predicted molar refractivity (Wildman–Crippen MR) is 85.6 cm³/mol. The molecular weight excluding hydrogens is 389 g/mol. The molecular formula is C15H14Br2FNO. The van der Waals surface area contributed by atoms with Gasteiger partial charge >= 0.3 is 0 Å². The molecule has 0 aliphatic rings. The van der Waals surface area contributed by atoms with Crippen LogP contribution < -0.4 is 10.5 Å². The lowest BCUT2D eigenvalue weighted by Gasteiger charge is -2.19. The van der Waals surface area contributed by atoms with Crippen LogP contribution in [0.5, 0.6) is 5.75 Å². The fraction of sp³-hybridized carbons (Fsp3) is 0.200. The highest BCUT2D eigenvalue weighted by molar-refractivity contribution is 9.10. The molecule has 1 unspecified atom stereocenters. The van der Waals surface area contributed by atoms with E-state index >= 15 is 0 Å². The molecule has 0 spiro atoms. The fourth-order valence-electron chi connectivity index (χ4n) is 2.02. The third-order valence-corrected chi connectivity index (χ3v) is 4.85. The number of nitrogens with two attached hydrogens (primary N) is 1. The van der Waals surface area contributed by atoms with Crippen LogP contribution in [0.25, 0.3) is 0 Å². The van der Waals surface area contributed by atoms with Crippen LogP contribution in [0.4, 0.5) is 4.39 Å². The standard InChI is InChI=1S/C15H14Br2FNO/c1-8-6-13(20-2)10(7-11(8)16)15(19)9-4-3-5-12(18)14(9)17/h3-7,15H,19H2,1-2H3. The smallest absolute Gasteiger partial charge is 0.137 e. The summed E-state index contributed by atoms with van der Waals surface area (Å²) < 4.78 is 20.3. The van der Waals surface area contributed by atoms with Gasteiger partial charge in [0.15, 0.2) is 0 Å². The first-order valence-corrected chi connectivity index (χ1v) is 7.57. The molecule has 0 saturated carbocycles. The summed E-state index contributed by atoms with van der Waals surface area (Å²) in [6, 6.07) is 8.17. The summed E-state index contributed by atoms with van der Waals surface area (Å²) in [5.41, 5.74) is 8.82. The Morgan fingerprint density at radius 1 is 1.20 bits per heavy atom. The van der Waals surface area contributed by atoms with Gasteiger partial charge in [-0.05, 0) is 52.2 Å². The van der Waals surface area contributed by atoms with Gasteiger partial charge in [0.2, 0.25) is 0 Å². The van der Waals surface area contributed by atoms with Gasteiger partial charge in [-0.2, -0.15) is 0 Å². The second-order valence-corrected chi connectivity index (χ2v) is 6.11. The molecule has 2 nitrogen and oxygen atoms in total. The lowest BCUT2D eigenvalue weighted by atomic mass is 9.97. The van der Waals surface area contributed by atoms with Gasteiger partial charge < -0.3 is 10.5 Å². The molecule has 0 heterocycles. The number of rotatable bonds is 3. The van der Waals surface area contributed by atoms with Crippen LogP contribution in [-0.4, -0.2) is 7.11 Å². The van der Waals surface area contributed by atoms with Crippen LogP contribution in [-0.2, 0) is 0 Å². The average molecular weight is 403 g/mol. The Morgan fingerprint density at radius 2 is 1.90 bits per heavy atom. The number of ether oxygens (including phenoxy) is 1. The highest BCUT2D eigenvalue weighted by atomic mass is 79.9. The molecule has 0 aromatic heterocycles. The van der Waals surface area contributed by atoms with Crippen molar-refractivity contribution in [2.75, 3.05) is 7.11 Å². The molecule has 0 bridgehead atoms. The van der Waals surface area contributed by atoms with Crippen molar-refractivity contribution in [3.8, 4) is 5.75 Å². The minimum absolute atomic E-state index is 0.330. The largest absolute Gasteiger partial charge is 0.496 e. The van der Waals surface area contributed by atoms with E-state index in [2.05, 4.69) is 31.9 Å². The molecule has 0 aliphatic heterocycles. The molecule has 0 amide bonds. The van der Waals surface area contributed by atoms with E-state index in [-0.39, 0.29) is 5.82 Å². The number of aryl methyl sites for hydroxylation is 1. The molecule has 5 heteroatoms. The van der Waals surface area contributed by atoms with E-state index in [0.717, 1.165) is 15.6 Å². The van der Waals surface area contributed by atoms with Gasteiger partial charge in [-0.1, -0.05) is 28.1 Å². The first kappa shape index (κ1) is 15.5. The Labute approximate surface area is 134 Å². The molecule has 0 saturated heterocycles. The summed E-state index contributed by atoms with van der Waals surface area (Å²) in [4.78, 5) is 0. The Kier molecular flexibility index (Phi) is 4.83. The number of methoxy groups -OCH3 is 1. The Bertz CT molecular complexity index is 646. The predicted octanol–water partition coefficient (Wildman–Crippen LogP) is 4.72. The second kappa shape index (κ2) is 6.24. The van der Waals surface area contributed by atoms with Gasteiger partial charge in [0.05, 0.1) is 17.6 Å². The highest BCUT2D eigenvalue weighted by Gasteiger charge is 2.19. The summed E-state index contributed by atoms with van der Waals surface area (Å²) in [5, 5.41) is 0. The van der Waals surface area contributed by atoms with Crippen LogP contribution in [0, 0.1) is 12.7 Å². The van der Waals surface area contributed by atoms with E-state index in [9.17, 15) is 4.39 Å². The summed E-state index contributed by atoms with van der Waals surface area (Å²) in [7, 11) is 1.60. The van der Waals surface area contributed by atoms with Crippen molar-refractivity contribution in [1.82, 2.24) is 0 Å². The molecule has 2 N–H and O–H groups in total. The molecule has 1 atom stereocenters. The maximum atomic E-state index is 13.6. The van der Waals surface area contributed by atoms with Crippen molar-refractivity contribution in [3.05, 3.63) is 61.8 Å². The monoisotopic (exact) mass is 401 g/mol. The fourth-order valence-corrected chi connectivity index (χ4v) is 2.89. The van der Waals surface area contributed by atoms with Crippen molar-refractivity contribution in [2.45, 2.75) is 13.0 Å². The zero-order valence-electron chi connectivity index (χ0n) is 11.1. The van der Waals surface area contributed by atoms with Gasteiger partial charge in [-0.15, -0.1) is 0 Å². The quantitative estimate of drug-likeness (QED) is 0.806. The minimum atomic E-state index is -0.480. The zero-order chi connectivity index (χ0) is 14.9. The van der Waals surface area contributed by atoms with Crippen molar-refractivity contribution >= 4 is 31.9 Å². The van der Waals surface area contributed by atoms with Crippen molar-refractivity contribution < 1.29 is 9.13 Å². The van der Waals surface area contributed by atoms with Gasteiger partial charge in [-0.25, -0.2) is 4.39 Å². The van der Waals surface area contributed by atoms with Gasteiger partial charge in [0.1, 0.15) is 11.6 Å². The minimum Gasteiger partial charge on any atom is -0.496 e. The van der Waals surface area contributed by atoms with E-state index in [4.69, 9.17) is 10.5 Å². The van der Waals surface area contributed by atoms with E-state index < -0.39 is 6.04 Å². The lowest BCUT2D eigenvalue weighted by molar-refractivity contribution is 0.407. The first-order chi connectivity index (χ1) is 9.45. The Morgan fingerprint density at radius 3 is 2.55 bits per heavy atom. The molecule has 106 valence electrons. The maximum absolute atomic E-state index is 13.6. The van der Waals surface area contributed by atoms with Gasteiger partial charge in [0.25, 0.3) is 0 Å². The Balaban J connectivity index is 2.55. The van der Waals surface area contributed by atoms with Crippen molar-refractivity contribution in [2.24, 2.45) is 5.73 Å². The van der Waals surface area contributed by atoms with E-state index in [1.165, 1.54) is 6.07 Å². The summed E-state index contributed by atoms with van der Waals surface area (Å²) in [5.74, 6) is 0.359. The molecule has 0 fully saturated rings. The number of hydrogen-bond donors (Lipinski definition) is 1. The highest BCUT2D eigenvalue weighted by Crippen LogP contribution is 2.36. The van der Waals surface area contributed by atoms with E-state index in [1.54, 1.807) is 19.2 Å².